The Balaban J connectivity index is 1.43. The molecule has 2 amide bonds. The Bertz CT molecular complexity index is 1300. The van der Waals surface area contributed by atoms with E-state index in [0.717, 1.165) is 42.8 Å². The zero-order chi connectivity index (χ0) is 26.4. The van der Waals surface area contributed by atoms with Gasteiger partial charge in [-0.3, -0.25) is 19.5 Å². The molecular formula is C28H25F3N4O2. The first-order valence-corrected chi connectivity index (χ1v) is 11.6. The molecule has 9 heteroatoms. The van der Waals surface area contributed by atoms with E-state index in [-0.39, 0.29) is 11.8 Å². The first-order chi connectivity index (χ1) is 17.7. The lowest BCUT2D eigenvalue weighted by Crippen LogP contribution is -2.45. The van der Waals surface area contributed by atoms with Crippen LogP contribution in [0.4, 0.5) is 30.2 Å². The van der Waals surface area contributed by atoms with E-state index >= 15 is 0 Å². The first kappa shape index (κ1) is 25.8. The van der Waals surface area contributed by atoms with Crippen molar-refractivity contribution in [1.82, 2.24) is 4.90 Å². The van der Waals surface area contributed by atoms with Gasteiger partial charge in [-0.05, 0) is 66.7 Å². The highest BCUT2D eigenvalue weighted by Crippen LogP contribution is 2.31. The van der Waals surface area contributed by atoms with Crippen molar-refractivity contribution in [2.45, 2.75) is 18.6 Å². The van der Waals surface area contributed by atoms with Crippen LogP contribution < -0.4 is 10.6 Å². The summed E-state index contributed by atoms with van der Waals surface area (Å²) in [6.45, 7) is 4.98. The Morgan fingerprint density at radius 1 is 0.946 bits per heavy atom. The molecule has 1 aliphatic heterocycles. The minimum absolute atomic E-state index is 0.294. The highest BCUT2D eigenvalue weighted by Gasteiger charge is 2.32. The van der Waals surface area contributed by atoms with Gasteiger partial charge < -0.3 is 10.6 Å². The number of anilines is 2. The lowest BCUT2D eigenvalue weighted by atomic mass is 9.99. The van der Waals surface area contributed by atoms with Gasteiger partial charge in [-0.1, -0.05) is 36.4 Å². The Hall–Kier alpha value is -4.24. The van der Waals surface area contributed by atoms with E-state index in [1.54, 1.807) is 42.5 Å². The predicted octanol–water partition coefficient (Wildman–Crippen LogP) is 6.07. The number of likely N-dealkylation sites (tertiary alicyclic amines) is 1. The Morgan fingerprint density at radius 2 is 1.62 bits per heavy atom. The molecule has 6 nitrogen and oxygen atoms in total. The summed E-state index contributed by atoms with van der Waals surface area (Å²) >= 11 is 0. The van der Waals surface area contributed by atoms with Gasteiger partial charge >= 0.3 is 6.18 Å². The van der Waals surface area contributed by atoms with Crippen molar-refractivity contribution in [3.63, 3.8) is 0 Å². The van der Waals surface area contributed by atoms with Gasteiger partial charge in [-0.15, -0.1) is 0 Å². The molecule has 1 saturated heterocycles. The zero-order valence-electron chi connectivity index (χ0n) is 19.8. The molecule has 190 valence electrons. The molecule has 4 rings (SSSR count). The van der Waals surface area contributed by atoms with E-state index in [9.17, 15) is 22.8 Å². The fourth-order valence-corrected chi connectivity index (χ4v) is 3.93. The van der Waals surface area contributed by atoms with Gasteiger partial charge in [0.15, 0.2) is 0 Å². The standard InChI is InChI=1S/C28H25F3N4O2/c1-32-23-5-2-3-6-24(23)34-25(36)16-9-19-7-10-20(11-8-19)26(35-17-4-18-35)27(37)33-22-14-12-21(13-15-22)28(29,30)31/h2-3,5-16,26H,1,4,17-18H2,(H,33,37)(H,34,36)/b16-9+. The third-order valence-electron chi connectivity index (χ3n) is 6.00. The zero-order valence-corrected chi connectivity index (χ0v) is 19.8. The van der Waals surface area contributed by atoms with Crippen LogP contribution in [0.5, 0.6) is 0 Å². The van der Waals surface area contributed by atoms with Crippen molar-refractivity contribution in [3.8, 4) is 0 Å². The second kappa shape index (κ2) is 11.2. The second-order valence-electron chi connectivity index (χ2n) is 8.52. The Kier molecular flexibility index (Phi) is 7.83. The lowest BCUT2D eigenvalue weighted by Gasteiger charge is -2.37. The number of carbonyl (C=O) groups excluding carboxylic acids is 2. The van der Waals surface area contributed by atoms with Crippen LogP contribution in [0.15, 0.2) is 83.9 Å². The van der Waals surface area contributed by atoms with Gasteiger partial charge in [0.2, 0.25) is 11.8 Å². The van der Waals surface area contributed by atoms with Gasteiger partial charge in [-0.25, -0.2) is 0 Å². The van der Waals surface area contributed by atoms with Gasteiger partial charge in [0, 0.05) is 24.9 Å². The molecule has 3 aromatic carbocycles. The van der Waals surface area contributed by atoms with Crippen LogP contribution in [0.25, 0.3) is 6.08 Å². The summed E-state index contributed by atoms with van der Waals surface area (Å²) in [4.78, 5) is 31.3. The Labute approximate surface area is 212 Å². The molecule has 1 unspecified atom stereocenters. The van der Waals surface area contributed by atoms with Crippen LogP contribution in [0.1, 0.15) is 29.2 Å². The van der Waals surface area contributed by atoms with E-state index < -0.39 is 17.8 Å². The molecule has 0 radical (unpaired) electrons. The highest BCUT2D eigenvalue weighted by molar-refractivity contribution is 6.03. The van der Waals surface area contributed by atoms with Crippen LogP contribution in [0.2, 0.25) is 0 Å². The van der Waals surface area contributed by atoms with Crippen LogP contribution in [0, 0.1) is 0 Å². The number of benzene rings is 3. The van der Waals surface area contributed by atoms with Gasteiger partial charge in [0.1, 0.15) is 6.04 Å². The molecule has 1 fully saturated rings. The smallest absolute Gasteiger partial charge is 0.324 e. The molecule has 0 aromatic heterocycles. The number of nitrogens with one attached hydrogen (secondary N) is 2. The third-order valence-corrected chi connectivity index (χ3v) is 6.00. The molecular weight excluding hydrogens is 481 g/mol. The van der Waals surface area contributed by atoms with Crippen molar-refractivity contribution >= 4 is 41.7 Å². The topological polar surface area (TPSA) is 73.8 Å². The number of rotatable bonds is 8. The molecule has 0 saturated carbocycles. The van der Waals surface area contributed by atoms with Crippen LogP contribution >= 0.6 is 0 Å². The van der Waals surface area contributed by atoms with Gasteiger partial charge in [0.05, 0.1) is 16.9 Å². The van der Waals surface area contributed by atoms with Crippen LogP contribution in [0.3, 0.4) is 0 Å². The maximum Gasteiger partial charge on any atom is 0.416 e. The number of para-hydroxylation sites is 2. The summed E-state index contributed by atoms with van der Waals surface area (Å²) in [5.74, 6) is -0.647. The van der Waals surface area contributed by atoms with Crippen LogP contribution in [-0.2, 0) is 15.8 Å². The summed E-state index contributed by atoms with van der Waals surface area (Å²) in [6.07, 6.45) is -0.416. The van der Waals surface area contributed by atoms with E-state index in [1.165, 1.54) is 18.2 Å². The minimum Gasteiger partial charge on any atom is -0.324 e. The fourth-order valence-electron chi connectivity index (χ4n) is 3.93. The van der Waals surface area contributed by atoms with Crippen molar-refractivity contribution in [2.75, 3.05) is 23.7 Å². The third kappa shape index (κ3) is 6.50. The summed E-state index contributed by atoms with van der Waals surface area (Å²) in [5, 5.41) is 5.49. The fraction of sp³-hybridized carbons (Fsp3) is 0.179. The lowest BCUT2D eigenvalue weighted by molar-refractivity contribution is -0.137. The van der Waals surface area contributed by atoms with E-state index in [1.807, 2.05) is 17.0 Å². The number of halogens is 3. The number of hydrogen-bond acceptors (Lipinski definition) is 4. The van der Waals surface area contributed by atoms with Crippen molar-refractivity contribution in [2.24, 2.45) is 4.99 Å². The maximum absolute atomic E-state index is 13.1. The summed E-state index contributed by atoms with van der Waals surface area (Å²) in [6, 6.07) is 18.1. The molecule has 1 heterocycles. The average Bonchev–Trinajstić information content (AvgIpc) is 2.85. The highest BCUT2D eigenvalue weighted by atomic mass is 19.4. The molecule has 37 heavy (non-hydrogen) atoms. The number of hydrogen-bond donors (Lipinski definition) is 2. The van der Waals surface area contributed by atoms with Crippen molar-refractivity contribution < 1.29 is 22.8 Å². The SMILES string of the molecule is C=Nc1ccccc1NC(=O)/C=C/c1ccc(C(C(=O)Nc2ccc(C(F)(F)F)cc2)N2CCC2)cc1. The van der Waals surface area contributed by atoms with Crippen molar-refractivity contribution in [1.29, 1.82) is 0 Å². The van der Waals surface area contributed by atoms with Gasteiger partial charge in [-0.2, -0.15) is 13.2 Å². The van der Waals surface area contributed by atoms with Gasteiger partial charge in [0.25, 0.3) is 0 Å². The molecule has 1 aliphatic rings. The van der Waals surface area contributed by atoms with E-state index in [4.69, 9.17) is 0 Å². The largest absolute Gasteiger partial charge is 0.416 e. The first-order valence-electron chi connectivity index (χ1n) is 11.6. The molecule has 0 bridgehead atoms. The maximum atomic E-state index is 13.1. The summed E-state index contributed by atoms with van der Waals surface area (Å²) in [7, 11) is 0. The quantitative estimate of drug-likeness (QED) is 0.288. The molecule has 0 aliphatic carbocycles. The average molecular weight is 507 g/mol. The number of aliphatic imine (C=N–C) groups is 1. The molecule has 0 spiro atoms. The molecule has 3 aromatic rings. The normalized spacial score (nSPS) is 14.6. The van der Waals surface area contributed by atoms with Crippen LogP contribution in [-0.4, -0.2) is 36.5 Å². The Morgan fingerprint density at radius 3 is 2.22 bits per heavy atom. The number of amides is 2. The number of carbonyl (C=O) groups is 2. The van der Waals surface area contributed by atoms with E-state index in [2.05, 4.69) is 22.3 Å². The molecule has 1 atom stereocenters. The second-order valence-corrected chi connectivity index (χ2v) is 8.52. The summed E-state index contributed by atoms with van der Waals surface area (Å²) < 4.78 is 38.5. The predicted molar refractivity (Wildman–Crippen MR) is 139 cm³/mol. The number of alkyl halides is 3. The monoisotopic (exact) mass is 506 g/mol. The minimum atomic E-state index is -4.44. The number of nitrogens with zero attached hydrogens (tertiary/aromatic N) is 2. The van der Waals surface area contributed by atoms with E-state index in [0.29, 0.717) is 17.1 Å². The molecule has 2 N–H and O–H groups in total. The van der Waals surface area contributed by atoms with Crippen molar-refractivity contribution in [3.05, 3.63) is 95.6 Å². The summed E-state index contributed by atoms with van der Waals surface area (Å²) in [5.41, 5.74) is 2.15.